The summed E-state index contributed by atoms with van der Waals surface area (Å²) in [6, 6.07) is 14.8. The van der Waals surface area contributed by atoms with Crippen LogP contribution in [-0.4, -0.2) is 18.5 Å². The zero-order valence-corrected chi connectivity index (χ0v) is 20.9. The highest BCUT2D eigenvalue weighted by molar-refractivity contribution is 5.88. The van der Waals surface area contributed by atoms with Gasteiger partial charge in [0.15, 0.2) is 0 Å². The Morgan fingerprint density at radius 3 is 1.97 bits per heavy atom. The van der Waals surface area contributed by atoms with Crippen molar-refractivity contribution in [2.24, 2.45) is 5.92 Å². The molecule has 0 saturated heterocycles. The fraction of sp³-hybridized carbons (Fsp3) is 0.552. The predicted molar refractivity (Wildman–Crippen MR) is 131 cm³/mol. The van der Waals surface area contributed by atoms with Crippen LogP contribution >= 0.6 is 0 Å². The van der Waals surface area contributed by atoms with Crippen molar-refractivity contribution >= 4 is 5.78 Å². The summed E-state index contributed by atoms with van der Waals surface area (Å²) in [5, 5.41) is 0. The van der Waals surface area contributed by atoms with Crippen molar-refractivity contribution in [2.45, 2.75) is 91.5 Å². The van der Waals surface area contributed by atoms with E-state index in [1.807, 2.05) is 30.3 Å². The van der Waals surface area contributed by atoms with Gasteiger partial charge in [-0.3, -0.25) is 4.79 Å². The highest BCUT2D eigenvalue weighted by Gasteiger charge is 2.42. The van der Waals surface area contributed by atoms with E-state index in [0.717, 1.165) is 5.56 Å². The van der Waals surface area contributed by atoms with E-state index in [4.69, 9.17) is 9.47 Å². The van der Waals surface area contributed by atoms with Crippen LogP contribution in [0.3, 0.4) is 0 Å². The molecule has 32 heavy (non-hydrogen) atoms. The van der Waals surface area contributed by atoms with Gasteiger partial charge in [-0.05, 0) is 52.5 Å². The Balaban J connectivity index is 1.74. The lowest BCUT2D eigenvalue weighted by atomic mass is 9.79. The van der Waals surface area contributed by atoms with Crippen LogP contribution in [0.2, 0.25) is 0 Å². The number of ketones is 1. The van der Waals surface area contributed by atoms with Gasteiger partial charge in [-0.25, -0.2) is 0 Å². The quantitative estimate of drug-likeness (QED) is 0.392. The second-order valence-electron chi connectivity index (χ2n) is 10.2. The molecule has 0 bridgehead atoms. The molecule has 0 heterocycles. The molecule has 3 atom stereocenters. The molecule has 0 amide bonds. The standard InChI is InChI=1S/C29H40O3/c1-18(2)23-13-24(19(3)4)29(25(14-23)20(5)6)21(7)32-28-15-27(30)26(28)17-31-16-22-11-9-8-10-12-22/h8-14,18-21,26,28H,15-17H2,1-7H3/t21-,26+,28+/m1/s1. The van der Waals surface area contributed by atoms with Crippen LogP contribution in [0.1, 0.15) is 107 Å². The van der Waals surface area contributed by atoms with E-state index in [1.54, 1.807) is 0 Å². The highest BCUT2D eigenvalue weighted by Crippen LogP contribution is 2.39. The molecule has 0 N–H and O–H groups in total. The van der Waals surface area contributed by atoms with Crippen LogP contribution in [0.25, 0.3) is 0 Å². The fourth-order valence-electron chi connectivity index (χ4n) is 4.57. The maximum atomic E-state index is 12.3. The minimum atomic E-state index is -0.166. The van der Waals surface area contributed by atoms with Crippen molar-refractivity contribution in [3.63, 3.8) is 0 Å². The number of hydrogen-bond acceptors (Lipinski definition) is 3. The van der Waals surface area contributed by atoms with Gasteiger partial charge in [-0.2, -0.15) is 0 Å². The van der Waals surface area contributed by atoms with Gasteiger partial charge in [0.2, 0.25) is 0 Å². The third-order valence-electron chi connectivity index (χ3n) is 6.64. The maximum Gasteiger partial charge on any atom is 0.143 e. The van der Waals surface area contributed by atoms with E-state index < -0.39 is 0 Å². The molecule has 1 fully saturated rings. The van der Waals surface area contributed by atoms with Crippen LogP contribution in [-0.2, 0) is 20.9 Å². The van der Waals surface area contributed by atoms with E-state index in [0.29, 0.717) is 37.4 Å². The summed E-state index contributed by atoms with van der Waals surface area (Å²) in [7, 11) is 0. The summed E-state index contributed by atoms with van der Waals surface area (Å²) in [5.74, 6) is 1.41. The molecule has 174 valence electrons. The number of rotatable bonds is 10. The normalized spacial score (nSPS) is 19.6. The average molecular weight is 437 g/mol. The van der Waals surface area contributed by atoms with Gasteiger partial charge in [0.05, 0.1) is 31.3 Å². The van der Waals surface area contributed by atoms with Crippen LogP contribution < -0.4 is 0 Å². The molecule has 1 aliphatic carbocycles. The number of ether oxygens (including phenoxy) is 2. The molecule has 2 aromatic rings. The lowest BCUT2D eigenvalue weighted by Gasteiger charge is -2.38. The Kier molecular flexibility index (Phi) is 8.30. The lowest BCUT2D eigenvalue weighted by Crippen LogP contribution is -2.46. The smallest absolute Gasteiger partial charge is 0.143 e. The van der Waals surface area contributed by atoms with Gasteiger partial charge in [-0.1, -0.05) is 84.0 Å². The van der Waals surface area contributed by atoms with E-state index in [-0.39, 0.29) is 23.9 Å². The summed E-state index contributed by atoms with van der Waals surface area (Å²) >= 11 is 0. The molecule has 3 rings (SSSR count). The second-order valence-corrected chi connectivity index (χ2v) is 10.2. The Hall–Kier alpha value is -1.97. The number of Topliss-reactive ketones (excluding diaryl/α,β-unsaturated/α-hetero) is 1. The SMILES string of the molecule is CC(C)c1cc(C(C)C)c([C@@H](C)O[C@H]2CC(=O)[C@@H]2COCc2ccccc2)c(C(C)C)c1. The number of carbonyl (C=O) groups excluding carboxylic acids is 1. The van der Waals surface area contributed by atoms with Crippen molar-refractivity contribution in [3.8, 4) is 0 Å². The highest BCUT2D eigenvalue weighted by atomic mass is 16.5. The minimum Gasteiger partial charge on any atom is -0.376 e. The van der Waals surface area contributed by atoms with Gasteiger partial charge >= 0.3 is 0 Å². The van der Waals surface area contributed by atoms with Crippen LogP contribution in [0.4, 0.5) is 0 Å². The van der Waals surface area contributed by atoms with Crippen molar-refractivity contribution in [2.75, 3.05) is 6.61 Å². The van der Waals surface area contributed by atoms with E-state index in [1.165, 1.54) is 22.3 Å². The summed E-state index contributed by atoms with van der Waals surface area (Å²) in [4.78, 5) is 12.3. The summed E-state index contributed by atoms with van der Waals surface area (Å²) in [6.45, 7) is 16.6. The van der Waals surface area contributed by atoms with Gasteiger partial charge < -0.3 is 9.47 Å². The van der Waals surface area contributed by atoms with Crippen molar-refractivity contribution in [1.82, 2.24) is 0 Å². The van der Waals surface area contributed by atoms with E-state index >= 15 is 0 Å². The molecule has 0 spiro atoms. The molecule has 1 saturated carbocycles. The zero-order valence-electron chi connectivity index (χ0n) is 20.9. The molecular formula is C29H40O3. The van der Waals surface area contributed by atoms with Crippen molar-refractivity contribution < 1.29 is 14.3 Å². The van der Waals surface area contributed by atoms with Crippen LogP contribution in [0, 0.1) is 5.92 Å². The molecule has 3 nitrogen and oxygen atoms in total. The maximum absolute atomic E-state index is 12.3. The third-order valence-corrected chi connectivity index (χ3v) is 6.64. The molecule has 1 aliphatic rings. The Morgan fingerprint density at radius 2 is 1.47 bits per heavy atom. The molecule has 0 aliphatic heterocycles. The summed E-state index contributed by atoms with van der Waals surface area (Å²) < 4.78 is 12.4. The molecule has 0 radical (unpaired) electrons. The second kappa shape index (κ2) is 10.8. The number of carbonyl (C=O) groups is 1. The van der Waals surface area contributed by atoms with Gasteiger partial charge in [0, 0.05) is 6.42 Å². The van der Waals surface area contributed by atoms with Gasteiger partial charge in [-0.15, -0.1) is 0 Å². The van der Waals surface area contributed by atoms with Gasteiger partial charge in [0.1, 0.15) is 5.78 Å². The van der Waals surface area contributed by atoms with Crippen molar-refractivity contribution in [1.29, 1.82) is 0 Å². The topological polar surface area (TPSA) is 35.5 Å². The first-order valence-corrected chi connectivity index (χ1v) is 12.2. The largest absolute Gasteiger partial charge is 0.376 e. The first kappa shape index (κ1) is 24.7. The monoisotopic (exact) mass is 436 g/mol. The third kappa shape index (κ3) is 5.68. The fourth-order valence-corrected chi connectivity index (χ4v) is 4.57. The molecular weight excluding hydrogens is 396 g/mol. The predicted octanol–water partition coefficient (Wildman–Crippen LogP) is 7.31. The first-order chi connectivity index (χ1) is 15.2. The first-order valence-electron chi connectivity index (χ1n) is 12.2. The molecule has 2 aromatic carbocycles. The lowest BCUT2D eigenvalue weighted by molar-refractivity contribution is -0.157. The minimum absolute atomic E-state index is 0.0549. The zero-order chi connectivity index (χ0) is 23.4. The molecule has 3 heteroatoms. The number of hydrogen-bond donors (Lipinski definition) is 0. The summed E-state index contributed by atoms with van der Waals surface area (Å²) in [5.41, 5.74) is 6.56. The van der Waals surface area contributed by atoms with E-state index in [9.17, 15) is 4.79 Å². The molecule has 0 unspecified atom stereocenters. The Morgan fingerprint density at radius 1 is 0.875 bits per heavy atom. The van der Waals surface area contributed by atoms with E-state index in [2.05, 4.69) is 60.6 Å². The average Bonchev–Trinajstić information content (AvgIpc) is 2.75. The van der Waals surface area contributed by atoms with Crippen LogP contribution in [0.5, 0.6) is 0 Å². The Labute approximate surface area is 194 Å². The summed E-state index contributed by atoms with van der Waals surface area (Å²) in [6.07, 6.45) is 0.362. The Bertz CT molecular complexity index is 869. The van der Waals surface area contributed by atoms with Crippen LogP contribution in [0.15, 0.2) is 42.5 Å². The van der Waals surface area contributed by atoms with Gasteiger partial charge in [0.25, 0.3) is 0 Å². The van der Waals surface area contributed by atoms with Crippen molar-refractivity contribution in [3.05, 3.63) is 70.3 Å². The number of benzene rings is 2. The molecule has 0 aromatic heterocycles.